The number of hydrogen-bond acceptors (Lipinski definition) is 7. The summed E-state index contributed by atoms with van der Waals surface area (Å²) in [4.78, 5) is 36.3. The van der Waals surface area contributed by atoms with Gasteiger partial charge in [-0.1, -0.05) is 39.3 Å². The molecule has 7 heteroatoms. The molecule has 0 aromatic rings. The molecule has 3 aliphatic rings. The average molecular weight is 418 g/mol. The van der Waals surface area contributed by atoms with E-state index in [1.165, 1.54) is 31.2 Å². The number of aliphatic hydroxyl groups excluding tert-OH is 1. The number of allylic oxidation sites excluding steroid dienone is 2. The van der Waals surface area contributed by atoms with Crippen LogP contribution in [0, 0.1) is 16.7 Å². The number of carbonyl (C=O) groups excluding carboxylic acids is 3. The fourth-order valence-corrected chi connectivity index (χ4v) is 5.54. The lowest BCUT2D eigenvalue weighted by Gasteiger charge is -2.59. The minimum atomic E-state index is -1.70. The van der Waals surface area contributed by atoms with Gasteiger partial charge in [0, 0.05) is 23.0 Å². The van der Waals surface area contributed by atoms with Crippen LogP contribution in [0.5, 0.6) is 0 Å². The summed E-state index contributed by atoms with van der Waals surface area (Å²) in [6.45, 7) is 7.38. The quantitative estimate of drug-likeness (QED) is 0.304. The maximum absolute atomic E-state index is 12.5. The third kappa shape index (κ3) is 3.54. The normalized spacial score (nSPS) is 36.1. The minimum absolute atomic E-state index is 0.00778. The van der Waals surface area contributed by atoms with Crippen LogP contribution >= 0.6 is 0 Å². The van der Waals surface area contributed by atoms with Crippen LogP contribution in [0.3, 0.4) is 0 Å². The van der Waals surface area contributed by atoms with Crippen LogP contribution in [-0.2, 0) is 23.9 Å². The maximum Gasteiger partial charge on any atom is 0.343 e. The Morgan fingerprint density at radius 1 is 1.23 bits per heavy atom. The number of ketones is 1. The molecule has 1 saturated carbocycles. The number of carbonyl (C=O) groups is 3. The summed E-state index contributed by atoms with van der Waals surface area (Å²) in [7, 11) is 0. The van der Waals surface area contributed by atoms with Gasteiger partial charge in [-0.15, -0.1) is 0 Å². The third-order valence-corrected chi connectivity index (χ3v) is 6.95. The number of cyclic esters (lactones) is 1. The molecule has 0 aromatic carbocycles. The van der Waals surface area contributed by atoms with Crippen molar-refractivity contribution in [2.24, 2.45) is 16.7 Å². The maximum atomic E-state index is 12.5. The molecule has 1 aliphatic heterocycles. The van der Waals surface area contributed by atoms with E-state index in [1.807, 2.05) is 6.92 Å². The third-order valence-electron chi connectivity index (χ3n) is 6.95. The number of ether oxygens (including phenoxy) is 2. The highest BCUT2D eigenvalue weighted by Gasteiger charge is 2.69. The van der Waals surface area contributed by atoms with E-state index in [0.717, 1.165) is 12.8 Å². The largest absolute Gasteiger partial charge is 0.459 e. The molecule has 0 radical (unpaired) electrons. The zero-order valence-corrected chi connectivity index (χ0v) is 17.9. The molecule has 0 amide bonds. The SMILES string of the molecule is CC(O)C(=O)/C=C/C=C/C(=O)OC1C=C2COC(=O)C2(O)C2(C)CCCC(C)(C)C12. The fraction of sp³-hybridized carbons (Fsp3) is 0.609. The van der Waals surface area contributed by atoms with Crippen LogP contribution < -0.4 is 0 Å². The number of hydrogen-bond donors (Lipinski definition) is 2. The molecule has 7 nitrogen and oxygen atoms in total. The molecule has 2 N–H and O–H groups in total. The molecular formula is C23H30O7. The first-order chi connectivity index (χ1) is 13.9. The molecule has 2 fully saturated rings. The van der Waals surface area contributed by atoms with Crippen LogP contribution in [0.25, 0.3) is 0 Å². The second-order valence-electron chi connectivity index (χ2n) is 9.41. The van der Waals surface area contributed by atoms with E-state index in [2.05, 4.69) is 13.8 Å². The summed E-state index contributed by atoms with van der Waals surface area (Å²) in [6, 6.07) is 0. The van der Waals surface area contributed by atoms with Crippen molar-refractivity contribution in [1.29, 1.82) is 0 Å². The first-order valence-corrected chi connectivity index (χ1v) is 10.3. The molecule has 164 valence electrons. The first-order valence-electron chi connectivity index (χ1n) is 10.3. The fourth-order valence-electron chi connectivity index (χ4n) is 5.54. The second kappa shape index (κ2) is 7.78. The van der Waals surface area contributed by atoms with Crippen molar-refractivity contribution in [2.75, 3.05) is 6.61 Å². The van der Waals surface area contributed by atoms with Crippen molar-refractivity contribution in [1.82, 2.24) is 0 Å². The number of fused-ring (bicyclic) bond motifs is 3. The van der Waals surface area contributed by atoms with E-state index in [4.69, 9.17) is 14.6 Å². The Morgan fingerprint density at radius 2 is 1.90 bits per heavy atom. The molecular weight excluding hydrogens is 388 g/mol. The molecule has 1 heterocycles. The predicted molar refractivity (Wildman–Crippen MR) is 108 cm³/mol. The van der Waals surface area contributed by atoms with Gasteiger partial charge in [0.2, 0.25) is 0 Å². The molecule has 5 unspecified atom stereocenters. The van der Waals surface area contributed by atoms with E-state index in [-0.39, 0.29) is 17.9 Å². The summed E-state index contributed by atoms with van der Waals surface area (Å²) < 4.78 is 10.9. The number of rotatable bonds is 5. The molecule has 0 aromatic heterocycles. The summed E-state index contributed by atoms with van der Waals surface area (Å²) in [5.74, 6) is -1.96. The van der Waals surface area contributed by atoms with Crippen LogP contribution in [-0.4, -0.2) is 52.4 Å². The zero-order valence-electron chi connectivity index (χ0n) is 17.9. The highest BCUT2D eigenvalue weighted by Crippen LogP contribution is 2.63. The van der Waals surface area contributed by atoms with Crippen molar-refractivity contribution in [3.63, 3.8) is 0 Å². The molecule has 30 heavy (non-hydrogen) atoms. The molecule has 5 atom stereocenters. The molecule has 2 aliphatic carbocycles. The van der Waals surface area contributed by atoms with Crippen LogP contribution in [0.15, 0.2) is 36.0 Å². The standard InChI is InChI=1S/C23H30O7/c1-14(24)16(25)8-5-6-9-18(26)30-17-12-15-13-29-20(27)23(15,28)22(4)11-7-10-21(2,3)19(17)22/h5-6,8-9,12,14,17,19,24,28H,7,10-11,13H2,1-4H3/b8-5+,9-6+. The molecule has 1 saturated heterocycles. The minimum Gasteiger partial charge on any atom is -0.459 e. The highest BCUT2D eigenvalue weighted by molar-refractivity contribution is 5.93. The first kappa shape index (κ1) is 22.4. The van der Waals surface area contributed by atoms with Gasteiger partial charge in [0.15, 0.2) is 11.4 Å². The van der Waals surface area contributed by atoms with E-state index < -0.39 is 40.9 Å². The van der Waals surface area contributed by atoms with Crippen LogP contribution in [0.4, 0.5) is 0 Å². The van der Waals surface area contributed by atoms with Gasteiger partial charge >= 0.3 is 11.9 Å². The van der Waals surface area contributed by atoms with E-state index in [1.54, 1.807) is 6.08 Å². The molecule has 0 spiro atoms. The van der Waals surface area contributed by atoms with Gasteiger partial charge in [0.05, 0.1) is 0 Å². The Hall–Kier alpha value is -2.25. The monoisotopic (exact) mass is 418 g/mol. The van der Waals surface area contributed by atoms with Gasteiger partial charge in [0.25, 0.3) is 0 Å². The summed E-state index contributed by atoms with van der Waals surface area (Å²) >= 11 is 0. The smallest absolute Gasteiger partial charge is 0.343 e. The Labute approximate surface area is 176 Å². The Balaban J connectivity index is 1.87. The zero-order chi connectivity index (χ0) is 22.3. The van der Waals surface area contributed by atoms with E-state index in [9.17, 15) is 19.5 Å². The Morgan fingerprint density at radius 3 is 2.57 bits per heavy atom. The van der Waals surface area contributed by atoms with Crippen LogP contribution in [0.2, 0.25) is 0 Å². The van der Waals surface area contributed by atoms with Gasteiger partial charge in [0.1, 0.15) is 18.8 Å². The lowest BCUT2D eigenvalue weighted by molar-refractivity contribution is -0.194. The summed E-state index contributed by atoms with van der Waals surface area (Å²) in [5, 5.41) is 20.6. The lowest BCUT2D eigenvalue weighted by Crippen LogP contribution is -2.65. The summed E-state index contributed by atoms with van der Waals surface area (Å²) in [6.07, 6.45) is 7.44. The van der Waals surface area contributed by atoms with Gasteiger partial charge in [-0.25, -0.2) is 9.59 Å². The van der Waals surface area contributed by atoms with E-state index in [0.29, 0.717) is 12.0 Å². The van der Waals surface area contributed by atoms with Gasteiger partial charge in [-0.3, -0.25) is 4.79 Å². The van der Waals surface area contributed by atoms with Crippen molar-refractivity contribution >= 4 is 17.7 Å². The van der Waals surface area contributed by atoms with Gasteiger partial charge in [-0.2, -0.15) is 0 Å². The van der Waals surface area contributed by atoms with Crippen molar-refractivity contribution < 1.29 is 34.1 Å². The topological polar surface area (TPSA) is 110 Å². The number of aliphatic hydroxyl groups is 2. The van der Waals surface area contributed by atoms with Gasteiger partial charge in [-0.05, 0) is 37.3 Å². The van der Waals surface area contributed by atoms with Crippen molar-refractivity contribution in [3.8, 4) is 0 Å². The van der Waals surface area contributed by atoms with Crippen molar-refractivity contribution in [2.45, 2.75) is 64.8 Å². The van der Waals surface area contributed by atoms with E-state index >= 15 is 0 Å². The molecule has 3 rings (SSSR count). The van der Waals surface area contributed by atoms with Gasteiger partial charge < -0.3 is 19.7 Å². The van der Waals surface area contributed by atoms with Crippen molar-refractivity contribution in [3.05, 3.63) is 36.0 Å². The lowest BCUT2D eigenvalue weighted by atomic mass is 9.46. The Kier molecular flexibility index (Phi) is 5.82. The predicted octanol–water partition coefficient (Wildman–Crippen LogP) is 2.02. The molecule has 0 bridgehead atoms. The van der Waals surface area contributed by atoms with Crippen LogP contribution in [0.1, 0.15) is 47.0 Å². The average Bonchev–Trinajstić information content (AvgIpc) is 2.94. The second-order valence-corrected chi connectivity index (χ2v) is 9.41. The Bertz CT molecular complexity index is 834. The number of esters is 2. The summed E-state index contributed by atoms with van der Waals surface area (Å²) in [5.41, 5.74) is -2.33. The highest BCUT2D eigenvalue weighted by atomic mass is 16.6.